The second-order valence-electron chi connectivity index (χ2n) is 8.53. The second kappa shape index (κ2) is 12.9. The molecular formula is C20H37N7O6. The van der Waals surface area contributed by atoms with E-state index in [4.69, 9.17) is 17.2 Å². The molecule has 10 N–H and O–H groups in total. The number of carboxylic acids is 1. The number of nitrogens with one attached hydrogen (secondary N) is 2. The Labute approximate surface area is 193 Å². The minimum atomic E-state index is -1.22. The third kappa shape index (κ3) is 8.50. The van der Waals surface area contributed by atoms with Crippen molar-refractivity contribution in [1.82, 2.24) is 15.5 Å². The molecule has 1 rings (SSSR count). The fourth-order valence-electron chi connectivity index (χ4n) is 3.51. The molecule has 0 bridgehead atoms. The van der Waals surface area contributed by atoms with Crippen molar-refractivity contribution >= 4 is 29.7 Å². The highest BCUT2D eigenvalue weighted by atomic mass is 16.4. The van der Waals surface area contributed by atoms with Gasteiger partial charge in [-0.05, 0) is 38.5 Å². The van der Waals surface area contributed by atoms with Crippen LogP contribution < -0.4 is 27.8 Å². The van der Waals surface area contributed by atoms with Crippen LogP contribution in [0.4, 0.5) is 0 Å². The van der Waals surface area contributed by atoms with E-state index >= 15 is 0 Å². The highest BCUT2D eigenvalue weighted by molar-refractivity contribution is 5.94. The Morgan fingerprint density at radius 2 is 1.79 bits per heavy atom. The van der Waals surface area contributed by atoms with Gasteiger partial charge >= 0.3 is 5.97 Å². The maximum absolute atomic E-state index is 12.9. The number of carbonyl (C=O) groups is 4. The molecule has 5 unspecified atom stereocenters. The zero-order valence-corrected chi connectivity index (χ0v) is 19.4. The molecule has 0 spiro atoms. The minimum Gasteiger partial charge on any atom is -0.480 e. The van der Waals surface area contributed by atoms with Gasteiger partial charge in [-0.15, -0.1) is 0 Å². The van der Waals surface area contributed by atoms with Gasteiger partial charge in [0, 0.05) is 13.1 Å². The average Bonchev–Trinajstić information content (AvgIpc) is 3.21. The van der Waals surface area contributed by atoms with Crippen LogP contribution in [-0.4, -0.2) is 88.1 Å². The molecule has 1 aliphatic rings. The molecule has 188 valence electrons. The summed E-state index contributed by atoms with van der Waals surface area (Å²) in [4.78, 5) is 54.9. The van der Waals surface area contributed by atoms with Crippen molar-refractivity contribution in [1.29, 1.82) is 0 Å². The van der Waals surface area contributed by atoms with Crippen LogP contribution in [-0.2, 0) is 19.2 Å². The standard InChI is InChI=1S/C20H37N7O6/c1-10(2)15(17(30)25-12(19(32)33)6-4-8-24-20(22)23)26-16(29)13-7-5-9-27(13)18(31)14(21)11(3)28/h10-15,28H,4-9,21H2,1-3H3,(H,25,30)(H,26,29)(H,32,33)(H4,22,23,24). The molecule has 33 heavy (non-hydrogen) atoms. The molecule has 0 aromatic rings. The van der Waals surface area contributed by atoms with Crippen molar-refractivity contribution in [3.05, 3.63) is 0 Å². The topological polar surface area (TPSA) is 226 Å². The SMILES string of the molecule is CC(C)C(NC(=O)C1CCCN1C(=O)C(N)C(C)O)C(=O)NC(CCCN=C(N)N)C(=O)O. The molecule has 13 heteroatoms. The fraction of sp³-hybridized carbons (Fsp3) is 0.750. The minimum absolute atomic E-state index is 0.0960. The number of hydrogen-bond donors (Lipinski definition) is 7. The molecule has 0 aliphatic carbocycles. The van der Waals surface area contributed by atoms with Crippen LogP contribution in [0.3, 0.4) is 0 Å². The maximum Gasteiger partial charge on any atom is 0.326 e. The van der Waals surface area contributed by atoms with E-state index in [-0.39, 0.29) is 24.8 Å². The number of carboxylic acid groups (broad SMARTS) is 1. The summed E-state index contributed by atoms with van der Waals surface area (Å²) in [5.74, 6) is -3.41. The Hall–Kier alpha value is -2.93. The summed E-state index contributed by atoms with van der Waals surface area (Å²) in [5.41, 5.74) is 16.2. The predicted octanol–water partition coefficient (Wildman–Crippen LogP) is -2.55. The summed E-state index contributed by atoms with van der Waals surface area (Å²) in [7, 11) is 0. The number of aliphatic hydroxyl groups is 1. The molecule has 0 radical (unpaired) electrons. The summed E-state index contributed by atoms with van der Waals surface area (Å²) in [5, 5.41) is 24.1. The van der Waals surface area contributed by atoms with Gasteiger partial charge in [0.05, 0.1) is 6.10 Å². The molecule has 1 heterocycles. The lowest BCUT2D eigenvalue weighted by Crippen LogP contribution is -2.58. The van der Waals surface area contributed by atoms with Gasteiger partial charge in [0.15, 0.2) is 5.96 Å². The molecule has 0 aromatic heterocycles. The Morgan fingerprint density at radius 1 is 1.15 bits per heavy atom. The molecule has 1 fully saturated rings. The number of carbonyl (C=O) groups excluding carboxylic acids is 3. The molecule has 3 amide bonds. The van der Waals surface area contributed by atoms with E-state index in [9.17, 15) is 29.4 Å². The number of hydrogen-bond acceptors (Lipinski definition) is 7. The molecule has 0 aromatic carbocycles. The molecule has 1 aliphatic heterocycles. The van der Waals surface area contributed by atoms with E-state index in [0.717, 1.165) is 0 Å². The molecule has 5 atom stereocenters. The van der Waals surface area contributed by atoms with E-state index < -0.39 is 54.0 Å². The number of aliphatic hydroxyl groups excluding tert-OH is 1. The van der Waals surface area contributed by atoms with E-state index in [1.54, 1.807) is 13.8 Å². The smallest absolute Gasteiger partial charge is 0.326 e. The van der Waals surface area contributed by atoms with Gasteiger partial charge in [0.2, 0.25) is 17.7 Å². The van der Waals surface area contributed by atoms with Crippen molar-refractivity contribution in [2.45, 2.75) is 76.7 Å². The lowest BCUT2D eigenvalue weighted by molar-refractivity contribution is -0.144. The van der Waals surface area contributed by atoms with Crippen LogP contribution in [0.1, 0.15) is 46.5 Å². The molecule has 1 saturated heterocycles. The van der Waals surface area contributed by atoms with E-state index in [2.05, 4.69) is 15.6 Å². The van der Waals surface area contributed by atoms with E-state index in [1.165, 1.54) is 11.8 Å². The third-order valence-corrected chi connectivity index (χ3v) is 5.45. The predicted molar refractivity (Wildman–Crippen MR) is 121 cm³/mol. The van der Waals surface area contributed by atoms with Gasteiger partial charge in [-0.3, -0.25) is 19.4 Å². The normalized spacial score (nSPS) is 19.3. The van der Waals surface area contributed by atoms with Gasteiger partial charge in [-0.25, -0.2) is 4.79 Å². The number of nitrogens with two attached hydrogens (primary N) is 3. The van der Waals surface area contributed by atoms with Crippen LogP contribution in [0.2, 0.25) is 0 Å². The number of rotatable bonds is 12. The first kappa shape index (κ1) is 28.1. The van der Waals surface area contributed by atoms with Crippen LogP contribution >= 0.6 is 0 Å². The van der Waals surface area contributed by atoms with Gasteiger partial charge < -0.3 is 42.9 Å². The third-order valence-electron chi connectivity index (χ3n) is 5.45. The number of likely N-dealkylation sites (tertiary alicyclic amines) is 1. The zero-order valence-electron chi connectivity index (χ0n) is 19.4. The van der Waals surface area contributed by atoms with Crippen molar-refractivity contribution in [3.8, 4) is 0 Å². The summed E-state index contributed by atoms with van der Waals surface area (Å²) in [6.07, 6.45) is 0.316. The first-order valence-corrected chi connectivity index (χ1v) is 11.0. The van der Waals surface area contributed by atoms with Crippen molar-refractivity contribution in [2.24, 2.45) is 28.1 Å². The zero-order chi connectivity index (χ0) is 25.3. The summed E-state index contributed by atoms with van der Waals surface area (Å²) in [6, 6.07) is -4.18. The first-order chi connectivity index (χ1) is 15.4. The van der Waals surface area contributed by atoms with Gasteiger partial charge in [-0.1, -0.05) is 13.8 Å². The van der Waals surface area contributed by atoms with Gasteiger partial charge in [0.1, 0.15) is 24.2 Å². The maximum atomic E-state index is 12.9. The number of amides is 3. The highest BCUT2D eigenvalue weighted by Crippen LogP contribution is 2.19. The second-order valence-corrected chi connectivity index (χ2v) is 8.53. The molecular weight excluding hydrogens is 434 g/mol. The van der Waals surface area contributed by atoms with Crippen LogP contribution in [0, 0.1) is 5.92 Å². The number of aliphatic carboxylic acids is 1. The number of nitrogens with zero attached hydrogens (tertiary/aromatic N) is 2. The number of aliphatic imine (C=N–C) groups is 1. The van der Waals surface area contributed by atoms with Crippen LogP contribution in [0.5, 0.6) is 0 Å². The van der Waals surface area contributed by atoms with Gasteiger partial charge in [0.25, 0.3) is 0 Å². The lowest BCUT2D eigenvalue weighted by Gasteiger charge is -2.30. The summed E-state index contributed by atoms with van der Waals surface area (Å²) >= 11 is 0. The Kier molecular flexibility index (Phi) is 11.0. The van der Waals surface area contributed by atoms with Crippen LogP contribution in [0.15, 0.2) is 4.99 Å². The Morgan fingerprint density at radius 3 is 2.30 bits per heavy atom. The Bertz CT molecular complexity index is 738. The average molecular weight is 472 g/mol. The highest BCUT2D eigenvalue weighted by Gasteiger charge is 2.39. The van der Waals surface area contributed by atoms with Crippen molar-refractivity contribution < 1.29 is 29.4 Å². The van der Waals surface area contributed by atoms with Crippen LogP contribution in [0.25, 0.3) is 0 Å². The summed E-state index contributed by atoms with van der Waals surface area (Å²) in [6.45, 7) is 5.34. The quantitative estimate of drug-likeness (QED) is 0.0901. The lowest BCUT2D eigenvalue weighted by atomic mass is 10.0. The van der Waals surface area contributed by atoms with Gasteiger partial charge in [-0.2, -0.15) is 0 Å². The summed E-state index contributed by atoms with van der Waals surface area (Å²) < 4.78 is 0. The van der Waals surface area contributed by atoms with Crippen molar-refractivity contribution in [3.63, 3.8) is 0 Å². The Balaban J connectivity index is 2.83. The van der Waals surface area contributed by atoms with Crippen molar-refractivity contribution in [2.75, 3.05) is 13.1 Å². The monoisotopic (exact) mass is 471 g/mol. The number of guanidine groups is 1. The largest absolute Gasteiger partial charge is 0.480 e. The van der Waals surface area contributed by atoms with E-state index in [0.29, 0.717) is 25.8 Å². The molecule has 13 nitrogen and oxygen atoms in total. The fourth-order valence-corrected chi connectivity index (χ4v) is 3.51. The first-order valence-electron chi connectivity index (χ1n) is 11.0. The molecule has 0 saturated carbocycles. The van der Waals surface area contributed by atoms with E-state index in [1.807, 2.05) is 0 Å².